The highest BCUT2D eigenvalue weighted by Gasteiger charge is 2.27. The maximum atomic E-state index is 5.71. The molecule has 0 aliphatic carbocycles. The van der Waals surface area contributed by atoms with E-state index < -0.39 is 0 Å². The van der Waals surface area contributed by atoms with Crippen molar-refractivity contribution in [1.29, 1.82) is 0 Å². The molecular weight excluding hydrogens is 312 g/mol. The molecule has 1 N–H and O–H groups in total. The lowest BCUT2D eigenvalue weighted by Crippen LogP contribution is -2.39. The summed E-state index contributed by atoms with van der Waals surface area (Å²) in [4.78, 5) is 14.9. The maximum absolute atomic E-state index is 5.71. The van der Waals surface area contributed by atoms with Crippen LogP contribution >= 0.6 is 0 Å². The molecule has 0 amide bonds. The van der Waals surface area contributed by atoms with E-state index in [1.54, 1.807) is 0 Å². The van der Waals surface area contributed by atoms with Crippen LogP contribution in [-0.4, -0.2) is 39.6 Å². The first-order valence-electron chi connectivity index (χ1n) is 8.63. The summed E-state index contributed by atoms with van der Waals surface area (Å²) >= 11 is 0. The van der Waals surface area contributed by atoms with E-state index in [1.807, 2.05) is 24.5 Å². The molecule has 1 aliphatic heterocycles. The van der Waals surface area contributed by atoms with Gasteiger partial charge in [0.05, 0.1) is 36.8 Å². The van der Waals surface area contributed by atoms with Crippen molar-refractivity contribution in [3.63, 3.8) is 0 Å². The second-order valence-corrected chi connectivity index (χ2v) is 6.43. The number of morpholine rings is 1. The molecule has 25 heavy (non-hydrogen) atoms. The van der Waals surface area contributed by atoms with E-state index in [0.717, 1.165) is 42.5 Å². The molecule has 2 aromatic heterocycles. The summed E-state index contributed by atoms with van der Waals surface area (Å²) in [6.07, 6.45) is 3.75. The fourth-order valence-electron chi connectivity index (χ4n) is 3.16. The number of aryl methyl sites for hydroxylation is 1. The fraction of sp³-hybridized carbons (Fsp3) is 0.300. The SMILES string of the molecule is Cc1ccc(-c2cnc(C3COCCN3Cc3ccccn3)[nH]2)cc1. The smallest absolute Gasteiger partial charge is 0.126 e. The van der Waals surface area contributed by atoms with Crippen molar-refractivity contribution in [3.05, 3.63) is 71.9 Å². The lowest BCUT2D eigenvalue weighted by Gasteiger charge is -2.34. The first-order chi connectivity index (χ1) is 12.3. The number of ether oxygens (including phenoxy) is 1. The summed E-state index contributed by atoms with van der Waals surface area (Å²) in [6.45, 7) is 5.16. The number of hydrogen-bond acceptors (Lipinski definition) is 4. The zero-order chi connectivity index (χ0) is 17.1. The molecule has 5 nitrogen and oxygen atoms in total. The highest BCUT2D eigenvalue weighted by atomic mass is 16.5. The Morgan fingerprint density at radius 3 is 2.84 bits per heavy atom. The number of nitrogens with zero attached hydrogens (tertiary/aromatic N) is 3. The third-order valence-corrected chi connectivity index (χ3v) is 4.60. The largest absolute Gasteiger partial charge is 0.378 e. The van der Waals surface area contributed by atoms with Crippen molar-refractivity contribution in [3.8, 4) is 11.3 Å². The average molecular weight is 334 g/mol. The predicted octanol–water partition coefficient (Wildman–Crippen LogP) is 3.35. The highest BCUT2D eigenvalue weighted by Crippen LogP contribution is 2.26. The van der Waals surface area contributed by atoms with Crippen molar-refractivity contribution in [1.82, 2.24) is 19.9 Å². The van der Waals surface area contributed by atoms with Gasteiger partial charge in [0.1, 0.15) is 5.82 Å². The van der Waals surface area contributed by atoms with Gasteiger partial charge in [-0.3, -0.25) is 9.88 Å². The molecule has 5 heteroatoms. The van der Waals surface area contributed by atoms with E-state index in [0.29, 0.717) is 6.61 Å². The number of rotatable bonds is 4. The van der Waals surface area contributed by atoms with Crippen LogP contribution in [0.15, 0.2) is 54.9 Å². The molecular formula is C20H22N4O. The minimum Gasteiger partial charge on any atom is -0.378 e. The van der Waals surface area contributed by atoms with Crippen LogP contribution in [0, 0.1) is 6.92 Å². The van der Waals surface area contributed by atoms with Gasteiger partial charge < -0.3 is 9.72 Å². The Morgan fingerprint density at radius 1 is 1.16 bits per heavy atom. The maximum Gasteiger partial charge on any atom is 0.126 e. The molecule has 0 bridgehead atoms. The molecule has 1 unspecified atom stereocenters. The lowest BCUT2D eigenvalue weighted by molar-refractivity contribution is -0.0161. The van der Waals surface area contributed by atoms with Crippen molar-refractivity contribution in [2.45, 2.75) is 19.5 Å². The molecule has 1 aliphatic rings. The Kier molecular flexibility index (Phi) is 4.59. The second kappa shape index (κ2) is 7.17. The van der Waals surface area contributed by atoms with Crippen LogP contribution in [-0.2, 0) is 11.3 Å². The zero-order valence-electron chi connectivity index (χ0n) is 14.4. The third-order valence-electron chi connectivity index (χ3n) is 4.60. The summed E-state index contributed by atoms with van der Waals surface area (Å²) < 4.78 is 5.71. The standard InChI is InChI=1S/C20H22N4O/c1-15-5-7-16(8-6-15)18-12-22-20(23-18)19-14-25-11-10-24(19)13-17-4-2-3-9-21-17/h2-9,12,19H,10-11,13-14H2,1H3,(H,22,23). The van der Waals surface area contributed by atoms with Crippen LogP contribution in [0.3, 0.4) is 0 Å². The molecule has 1 fully saturated rings. The second-order valence-electron chi connectivity index (χ2n) is 6.43. The quantitative estimate of drug-likeness (QED) is 0.795. The number of nitrogens with one attached hydrogen (secondary N) is 1. The van der Waals surface area contributed by atoms with Crippen molar-refractivity contribution in [2.24, 2.45) is 0 Å². The summed E-state index contributed by atoms with van der Waals surface area (Å²) in [6, 6.07) is 14.6. The Hall–Kier alpha value is -2.50. The molecule has 0 radical (unpaired) electrons. The molecule has 1 aromatic carbocycles. The Labute approximate surface area is 147 Å². The molecule has 0 saturated carbocycles. The minimum atomic E-state index is 0.120. The highest BCUT2D eigenvalue weighted by molar-refractivity contribution is 5.58. The molecule has 128 valence electrons. The van der Waals surface area contributed by atoms with Crippen LogP contribution in [0.2, 0.25) is 0 Å². The number of benzene rings is 1. The predicted molar refractivity (Wildman–Crippen MR) is 97.0 cm³/mol. The number of aromatic amines is 1. The van der Waals surface area contributed by atoms with Gasteiger partial charge in [-0.2, -0.15) is 0 Å². The van der Waals surface area contributed by atoms with E-state index in [4.69, 9.17) is 4.74 Å². The van der Waals surface area contributed by atoms with Crippen molar-refractivity contribution < 1.29 is 4.74 Å². The molecule has 3 aromatic rings. The van der Waals surface area contributed by atoms with Gasteiger partial charge in [-0.15, -0.1) is 0 Å². The summed E-state index contributed by atoms with van der Waals surface area (Å²) in [5, 5.41) is 0. The van der Waals surface area contributed by atoms with Gasteiger partial charge >= 0.3 is 0 Å². The van der Waals surface area contributed by atoms with Gasteiger partial charge in [0, 0.05) is 19.3 Å². The lowest BCUT2D eigenvalue weighted by atomic mass is 10.1. The van der Waals surface area contributed by atoms with Crippen LogP contribution in [0.1, 0.15) is 23.1 Å². The van der Waals surface area contributed by atoms with Crippen LogP contribution in [0.5, 0.6) is 0 Å². The Bertz CT molecular complexity index is 813. The van der Waals surface area contributed by atoms with Crippen LogP contribution in [0.4, 0.5) is 0 Å². The van der Waals surface area contributed by atoms with E-state index in [1.165, 1.54) is 5.56 Å². The summed E-state index contributed by atoms with van der Waals surface area (Å²) in [5.41, 5.74) is 4.51. The van der Waals surface area contributed by atoms with Crippen molar-refractivity contribution in [2.75, 3.05) is 19.8 Å². The zero-order valence-corrected chi connectivity index (χ0v) is 14.4. The van der Waals surface area contributed by atoms with Gasteiger partial charge in [-0.05, 0) is 24.6 Å². The van der Waals surface area contributed by atoms with E-state index in [-0.39, 0.29) is 6.04 Å². The van der Waals surface area contributed by atoms with E-state index >= 15 is 0 Å². The number of aromatic nitrogens is 3. The number of pyridine rings is 1. The first kappa shape index (κ1) is 16.0. The normalized spacial score (nSPS) is 18.4. The summed E-state index contributed by atoms with van der Waals surface area (Å²) in [5.74, 6) is 0.950. The number of H-pyrrole nitrogens is 1. The molecule has 3 heterocycles. The third kappa shape index (κ3) is 3.62. The summed E-state index contributed by atoms with van der Waals surface area (Å²) in [7, 11) is 0. The first-order valence-corrected chi connectivity index (χ1v) is 8.63. The number of imidazole rings is 1. The number of hydrogen-bond donors (Lipinski definition) is 1. The topological polar surface area (TPSA) is 54.0 Å². The fourth-order valence-corrected chi connectivity index (χ4v) is 3.16. The van der Waals surface area contributed by atoms with Gasteiger partial charge in [-0.1, -0.05) is 35.9 Å². The minimum absolute atomic E-state index is 0.120. The van der Waals surface area contributed by atoms with Crippen LogP contribution in [0.25, 0.3) is 11.3 Å². The molecule has 0 spiro atoms. The Morgan fingerprint density at radius 2 is 2.04 bits per heavy atom. The van der Waals surface area contributed by atoms with Gasteiger partial charge in [0.2, 0.25) is 0 Å². The van der Waals surface area contributed by atoms with E-state index in [2.05, 4.69) is 57.1 Å². The van der Waals surface area contributed by atoms with E-state index in [9.17, 15) is 0 Å². The average Bonchev–Trinajstić information content (AvgIpc) is 3.14. The Balaban J connectivity index is 1.55. The van der Waals surface area contributed by atoms with Crippen LogP contribution < -0.4 is 0 Å². The monoisotopic (exact) mass is 334 g/mol. The van der Waals surface area contributed by atoms with Gasteiger partial charge in [-0.25, -0.2) is 4.98 Å². The molecule has 1 saturated heterocycles. The van der Waals surface area contributed by atoms with Gasteiger partial charge in [0.25, 0.3) is 0 Å². The van der Waals surface area contributed by atoms with Crippen molar-refractivity contribution >= 4 is 0 Å². The molecule has 4 rings (SSSR count). The van der Waals surface area contributed by atoms with Gasteiger partial charge in [0.15, 0.2) is 0 Å². The molecule has 1 atom stereocenters.